The number of unbranched alkanes of at least 4 members (excludes halogenated alkanes) is 59. The van der Waals surface area contributed by atoms with Gasteiger partial charge in [-0.15, -0.1) is 0 Å². The summed E-state index contributed by atoms with van der Waals surface area (Å²) in [6, 6.07) is 0. The summed E-state index contributed by atoms with van der Waals surface area (Å²) in [7, 11) is -1.22. The molecule has 0 atom stereocenters. The Balaban J connectivity index is 4.95. The molecule has 0 aliphatic heterocycles. The van der Waals surface area contributed by atoms with Crippen molar-refractivity contribution in [1.82, 2.24) is 0 Å². The first kappa shape index (κ1) is 72.4. The Morgan fingerprint density at radius 2 is 0.194 bits per heavy atom. The molecule has 0 amide bonds. The first-order chi connectivity index (χ1) is 35.7. The monoisotopic (exact) mass is 1030 g/mol. The molecule has 0 radical (unpaired) electrons. The van der Waals surface area contributed by atoms with Crippen molar-refractivity contribution >= 4 is 7.26 Å². The van der Waals surface area contributed by atoms with E-state index in [4.69, 9.17) is 0 Å². The molecule has 0 rings (SSSR count). The molecular weight excluding hydrogens is 884 g/mol. The summed E-state index contributed by atoms with van der Waals surface area (Å²) >= 11 is 0. The second-order valence-corrected chi connectivity index (χ2v) is 30.4. The van der Waals surface area contributed by atoms with E-state index >= 15 is 0 Å². The van der Waals surface area contributed by atoms with Crippen LogP contribution >= 0.6 is 7.26 Å². The summed E-state index contributed by atoms with van der Waals surface area (Å²) in [6.07, 6.45) is 101. The third-order valence-electron chi connectivity index (χ3n) is 18.0. The SMILES string of the molecule is CCCCCCCCCCCCCCCCCC[PH](CCCCCCCCCCCCCCCCC)(CCCCCCCCCCCCCCCCCC)CCCCCCCCCCCCCCCCCC. The third kappa shape index (κ3) is 59.7. The summed E-state index contributed by atoms with van der Waals surface area (Å²) in [5, 5.41) is 0. The van der Waals surface area contributed by atoms with Crippen LogP contribution in [0.1, 0.15) is 432 Å². The molecule has 0 aromatic carbocycles. The van der Waals surface area contributed by atoms with Crippen molar-refractivity contribution in [2.45, 2.75) is 432 Å². The van der Waals surface area contributed by atoms with E-state index in [1.54, 1.807) is 76.0 Å². The molecular formula is C71H147P. The Morgan fingerprint density at radius 1 is 0.111 bits per heavy atom. The standard InChI is InChI=1S/C71H147P/c1-5-9-13-17-21-25-29-33-37-41-45-49-53-57-61-65-69-72(68-64-60-56-52-48-44-40-36-32-28-24-20-16-12-8-4,70-66-62-58-54-50-46-42-38-34-30-26-22-18-14-10-6-2)71-67-63-59-55-51-47-43-39-35-31-27-23-19-15-11-7-3/h72H,5-71H2,1-4H3. The van der Waals surface area contributed by atoms with Crippen LogP contribution in [0.5, 0.6) is 0 Å². The molecule has 0 unspecified atom stereocenters. The maximum absolute atomic E-state index is 2.34. The average Bonchev–Trinajstić information content (AvgIpc) is 3.39. The fourth-order valence-corrected chi connectivity index (χ4v) is 18.3. The topological polar surface area (TPSA) is 0 Å². The minimum atomic E-state index is -1.22. The molecule has 72 heavy (non-hydrogen) atoms. The number of hydrogen-bond acceptors (Lipinski definition) is 0. The number of hydrogen-bond donors (Lipinski definition) is 0. The molecule has 0 fully saturated rings. The smallest absolute Gasteiger partial charge is 0.0654 e. The molecule has 1 heteroatoms. The predicted octanol–water partition coefficient (Wildman–Crippen LogP) is 27.4. The van der Waals surface area contributed by atoms with Crippen LogP contribution in [0.15, 0.2) is 0 Å². The molecule has 0 aromatic rings. The van der Waals surface area contributed by atoms with Gasteiger partial charge in [-0.3, -0.25) is 0 Å². The van der Waals surface area contributed by atoms with Crippen LogP contribution in [-0.4, -0.2) is 24.6 Å². The Hall–Kier alpha value is 0.430. The summed E-state index contributed by atoms with van der Waals surface area (Å²) in [5.74, 6) is 0. The molecule has 0 N–H and O–H groups in total. The predicted molar refractivity (Wildman–Crippen MR) is 341 cm³/mol. The zero-order valence-electron chi connectivity index (χ0n) is 51.9. The number of rotatable bonds is 67. The Bertz CT molecular complexity index is 821. The third-order valence-corrected chi connectivity index (χ3v) is 23.6. The van der Waals surface area contributed by atoms with E-state index < -0.39 is 7.26 Å². The molecule has 0 spiro atoms. The van der Waals surface area contributed by atoms with Crippen molar-refractivity contribution in [1.29, 1.82) is 0 Å². The quantitative estimate of drug-likeness (QED) is 0.0421. The second-order valence-electron chi connectivity index (χ2n) is 25.4. The van der Waals surface area contributed by atoms with Gasteiger partial charge in [-0.2, -0.15) is 0 Å². The minimum absolute atomic E-state index is 1.22. The van der Waals surface area contributed by atoms with Gasteiger partial charge in [0, 0.05) is 0 Å². The summed E-state index contributed by atoms with van der Waals surface area (Å²) in [4.78, 5) is 0. The second kappa shape index (κ2) is 65.7. The van der Waals surface area contributed by atoms with Crippen molar-refractivity contribution < 1.29 is 0 Å². The van der Waals surface area contributed by atoms with Crippen molar-refractivity contribution in [3.8, 4) is 0 Å². The van der Waals surface area contributed by atoms with Crippen molar-refractivity contribution in [2.75, 3.05) is 24.6 Å². The Kier molecular flexibility index (Phi) is 66.1. The van der Waals surface area contributed by atoms with Gasteiger partial charge in [0.05, 0.1) is 0 Å². The van der Waals surface area contributed by atoms with Gasteiger partial charge in [0.2, 0.25) is 0 Å². The van der Waals surface area contributed by atoms with Crippen molar-refractivity contribution in [3.05, 3.63) is 0 Å². The van der Waals surface area contributed by atoms with E-state index in [1.165, 1.54) is 353 Å². The van der Waals surface area contributed by atoms with Gasteiger partial charge in [-0.05, 0) is 0 Å². The molecule has 0 bridgehead atoms. The van der Waals surface area contributed by atoms with Gasteiger partial charge in [0.1, 0.15) is 0 Å². The van der Waals surface area contributed by atoms with Crippen LogP contribution in [0.4, 0.5) is 0 Å². The molecule has 0 saturated carbocycles. The van der Waals surface area contributed by atoms with E-state index in [0.717, 1.165) is 0 Å². The minimum Gasteiger partial charge on any atom is -0.0654 e. The zero-order chi connectivity index (χ0) is 51.9. The maximum atomic E-state index is 2.34. The van der Waals surface area contributed by atoms with E-state index in [0.29, 0.717) is 0 Å². The van der Waals surface area contributed by atoms with E-state index in [-0.39, 0.29) is 0 Å². The van der Waals surface area contributed by atoms with Crippen LogP contribution in [0, 0.1) is 0 Å². The van der Waals surface area contributed by atoms with Crippen LogP contribution in [0.25, 0.3) is 0 Å². The summed E-state index contributed by atoms with van der Waals surface area (Å²) in [5.41, 5.74) is 0. The fraction of sp³-hybridized carbons (Fsp3) is 1.00. The van der Waals surface area contributed by atoms with Gasteiger partial charge in [-0.25, -0.2) is 0 Å². The van der Waals surface area contributed by atoms with E-state index in [9.17, 15) is 0 Å². The van der Waals surface area contributed by atoms with Crippen LogP contribution in [-0.2, 0) is 0 Å². The molecule has 0 heterocycles. The molecule has 0 aliphatic carbocycles. The average molecular weight is 1030 g/mol. The van der Waals surface area contributed by atoms with E-state index in [1.807, 2.05) is 0 Å². The first-order valence-electron chi connectivity index (χ1n) is 35.7. The van der Waals surface area contributed by atoms with Gasteiger partial charge >= 0.3 is 314 Å². The van der Waals surface area contributed by atoms with Gasteiger partial charge in [-0.1, -0.05) is 150 Å². The fourth-order valence-electron chi connectivity index (χ4n) is 12.8. The Morgan fingerprint density at radius 3 is 0.292 bits per heavy atom. The van der Waals surface area contributed by atoms with Gasteiger partial charge < -0.3 is 0 Å². The van der Waals surface area contributed by atoms with Gasteiger partial charge in [0.25, 0.3) is 0 Å². The molecule has 0 aromatic heterocycles. The molecule has 436 valence electrons. The summed E-state index contributed by atoms with van der Waals surface area (Å²) < 4.78 is 0. The first-order valence-corrected chi connectivity index (χ1v) is 38.6. The van der Waals surface area contributed by atoms with Crippen LogP contribution < -0.4 is 0 Å². The zero-order valence-corrected chi connectivity index (χ0v) is 52.9. The van der Waals surface area contributed by atoms with Crippen LogP contribution in [0.3, 0.4) is 0 Å². The van der Waals surface area contributed by atoms with Crippen molar-refractivity contribution in [3.63, 3.8) is 0 Å². The molecule has 0 nitrogen and oxygen atoms in total. The van der Waals surface area contributed by atoms with E-state index in [2.05, 4.69) is 27.7 Å². The van der Waals surface area contributed by atoms with Crippen LogP contribution in [0.2, 0.25) is 0 Å². The normalized spacial score (nSPS) is 12.2. The molecule has 0 aliphatic rings. The summed E-state index contributed by atoms with van der Waals surface area (Å²) in [6.45, 7) is 9.34. The molecule has 0 saturated heterocycles. The van der Waals surface area contributed by atoms with Crippen molar-refractivity contribution in [2.24, 2.45) is 0 Å². The Labute approximate surface area is 461 Å². The van der Waals surface area contributed by atoms with Gasteiger partial charge in [0.15, 0.2) is 0 Å².